The normalized spacial score (nSPS) is 14.6. The highest BCUT2D eigenvalue weighted by Crippen LogP contribution is 2.26. The summed E-state index contributed by atoms with van der Waals surface area (Å²) in [5.41, 5.74) is 4.79. The van der Waals surface area contributed by atoms with Crippen molar-refractivity contribution >= 4 is 33.7 Å². The van der Waals surface area contributed by atoms with E-state index in [1.807, 2.05) is 22.9 Å². The van der Waals surface area contributed by atoms with Gasteiger partial charge in [-0.3, -0.25) is 10.1 Å². The summed E-state index contributed by atoms with van der Waals surface area (Å²) in [6.07, 6.45) is 7.94. The Morgan fingerprint density at radius 2 is 1.94 bits per heavy atom. The Kier molecular flexibility index (Phi) is 4.88. The van der Waals surface area contributed by atoms with Gasteiger partial charge in [-0.05, 0) is 42.8 Å². The number of nitrogens with one attached hydrogen (secondary N) is 2. The van der Waals surface area contributed by atoms with Crippen LogP contribution in [0, 0.1) is 5.82 Å². The van der Waals surface area contributed by atoms with Gasteiger partial charge in [-0.2, -0.15) is 5.10 Å². The van der Waals surface area contributed by atoms with Crippen LogP contribution in [0.1, 0.15) is 6.42 Å². The number of fused-ring (bicyclic) bond motifs is 2. The third kappa shape index (κ3) is 3.87. The summed E-state index contributed by atoms with van der Waals surface area (Å²) in [7, 11) is 0. The van der Waals surface area contributed by atoms with Gasteiger partial charge in [0.2, 0.25) is 0 Å². The lowest BCUT2D eigenvalue weighted by Crippen LogP contribution is -2.25. The number of aromatic amines is 1. The maximum absolute atomic E-state index is 14.4. The predicted molar refractivity (Wildman–Crippen MR) is 125 cm³/mol. The molecule has 1 fully saturated rings. The Balaban J connectivity index is 1.23. The highest BCUT2D eigenvalue weighted by Gasteiger charge is 2.12. The van der Waals surface area contributed by atoms with E-state index in [-0.39, 0.29) is 5.82 Å². The van der Waals surface area contributed by atoms with E-state index in [1.165, 1.54) is 18.0 Å². The van der Waals surface area contributed by atoms with Gasteiger partial charge in [0, 0.05) is 42.8 Å². The Bertz CT molecular complexity index is 1420. The van der Waals surface area contributed by atoms with Crippen molar-refractivity contribution in [3.8, 4) is 11.3 Å². The summed E-state index contributed by atoms with van der Waals surface area (Å²) in [5, 5.41) is 10.5. The molecule has 2 N–H and O–H groups in total. The molecule has 2 aromatic carbocycles. The first-order valence-corrected chi connectivity index (χ1v) is 10.9. The maximum atomic E-state index is 14.4. The number of hydrogen-bond donors (Lipinski definition) is 2. The van der Waals surface area contributed by atoms with Crippen LogP contribution in [0.4, 0.5) is 21.6 Å². The zero-order valence-corrected chi connectivity index (χ0v) is 17.8. The first-order chi connectivity index (χ1) is 16.2. The van der Waals surface area contributed by atoms with E-state index < -0.39 is 0 Å². The second-order valence-electron chi connectivity index (χ2n) is 8.08. The lowest BCUT2D eigenvalue weighted by molar-refractivity contribution is 0.152. The van der Waals surface area contributed by atoms with Crippen LogP contribution in [0.15, 0.2) is 61.2 Å². The van der Waals surface area contributed by atoms with E-state index in [4.69, 9.17) is 4.74 Å². The number of aromatic nitrogens is 5. The number of nitrogens with zero attached hydrogens (tertiary/aromatic N) is 5. The van der Waals surface area contributed by atoms with Crippen molar-refractivity contribution in [2.75, 3.05) is 36.5 Å². The van der Waals surface area contributed by atoms with E-state index >= 15 is 0 Å². The molecule has 0 unspecified atom stereocenters. The van der Waals surface area contributed by atoms with E-state index in [9.17, 15) is 4.39 Å². The van der Waals surface area contributed by atoms with Gasteiger partial charge in [0.25, 0.3) is 0 Å². The average molecular weight is 443 g/mol. The zero-order chi connectivity index (χ0) is 22.2. The average Bonchev–Trinajstić information content (AvgIpc) is 3.37. The molecule has 0 radical (unpaired) electrons. The lowest BCUT2D eigenvalue weighted by atomic mass is 10.1. The molecule has 4 heterocycles. The molecule has 8 nitrogen and oxygen atoms in total. The molecule has 9 heteroatoms. The quantitative estimate of drug-likeness (QED) is 0.429. The Morgan fingerprint density at radius 3 is 2.85 bits per heavy atom. The van der Waals surface area contributed by atoms with E-state index in [0.29, 0.717) is 33.6 Å². The SMILES string of the molecule is Fc1cc(-c2cn3cc(Nc4ccc(N5CCCOCC5)cc4)nc3cn2)cc2[nH]ncc12. The van der Waals surface area contributed by atoms with Crippen LogP contribution in [-0.4, -0.2) is 50.9 Å². The summed E-state index contributed by atoms with van der Waals surface area (Å²) in [5.74, 6) is 0.377. The van der Waals surface area contributed by atoms with Gasteiger partial charge >= 0.3 is 0 Å². The second-order valence-corrected chi connectivity index (χ2v) is 8.08. The molecule has 0 saturated carbocycles. The minimum absolute atomic E-state index is 0.331. The first-order valence-electron chi connectivity index (χ1n) is 10.9. The van der Waals surface area contributed by atoms with E-state index in [1.54, 1.807) is 6.20 Å². The van der Waals surface area contributed by atoms with Crippen LogP contribution in [0.2, 0.25) is 0 Å². The van der Waals surface area contributed by atoms with Crippen LogP contribution < -0.4 is 10.2 Å². The maximum Gasteiger partial charge on any atom is 0.157 e. The monoisotopic (exact) mass is 443 g/mol. The fraction of sp³-hybridized carbons (Fsp3) is 0.208. The topological polar surface area (TPSA) is 83.4 Å². The van der Waals surface area contributed by atoms with Gasteiger partial charge in [-0.1, -0.05) is 0 Å². The third-order valence-corrected chi connectivity index (χ3v) is 5.87. The van der Waals surface area contributed by atoms with Crippen molar-refractivity contribution < 1.29 is 9.13 Å². The third-order valence-electron chi connectivity index (χ3n) is 5.87. The molecule has 166 valence electrons. The number of ether oxygens (including phenoxy) is 1. The highest BCUT2D eigenvalue weighted by atomic mass is 19.1. The van der Waals surface area contributed by atoms with Crippen LogP contribution in [-0.2, 0) is 4.74 Å². The van der Waals surface area contributed by atoms with E-state index in [2.05, 4.69) is 54.6 Å². The minimum atomic E-state index is -0.331. The number of halogens is 1. The molecule has 1 saturated heterocycles. The minimum Gasteiger partial charge on any atom is -0.380 e. The van der Waals surface area contributed by atoms with Crippen LogP contribution in [0.25, 0.3) is 27.8 Å². The van der Waals surface area contributed by atoms with Gasteiger partial charge in [0.1, 0.15) is 11.6 Å². The molecule has 1 aliphatic heterocycles. The summed E-state index contributed by atoms with van der Waals surface area (Å²) >= 11 is 0. The molecular weight excluding hydrogens is 421 g/mol. The van der Waals surface area contributed by atoms with Gasteiger partial charge in [0.05, 0.1) is 41.8 Å². The Labute approximate surface area is 189 Å². The van der Waals surface area contributed by atoms with Gasteiger partial charge < -0.3 is 19.4 Å². The lowest BCUT2D eigenvalue weighted by Gasteiger charge is -2.22. The standard InChI is InChI=1S/C24H22FN7O/c25-20-10-16(11-21-19(20)12-27-30-21)22-14-32-15-23(29-24(32)13-26-22)28-17-2-4-18(5-3-17)31-6-1-8-33-9-7-31/h2-5,10-15,28H,1,6-9H2,(H,27,30). The fourth-order valence-corrected chi connectivity index (χ4v) is 4.17. The molecule has 1 aliphatic rings. The Morgan fingerprint density at radius 1 is 1.03 bits per heavy atom. The number of imidazole rings is 1. The fourth-order valence-electron chi connectivity index (χ4n) is 4.17. The predicted octanol–water partition coefficient (Wildman–Crippen LogP) is 4.38. The number of H-pyrrole nitrogens is 1. The second kappa shape index (κ2) is 8.18. The summed E-state index contributed by atoms with van der Waals surface area (Å²) in [6.45, 7) is 3.50. The summed E-state index contributed by atoms with van der Waals surface area (Å²) < 4.78 is 21.8. The highest BCUT2D eigenvalue weighted by molar-refractivity contribution is 5.83. The molecule has 5 aromatic rings. The summed E-state index contributed by atoms with van der Waals surface area (Å²) in [4.78, 5) is 11.4. The van der Waals surface area contributed by atoms with Crippen molar-refractivity contribution in [3.05, 3.63) is 67.0 Å². The molecule has 0 aliphatic carbocycles. The smallest absolute Gasteiger partial charge is 0.157 e. The number of anilines is 3. The van der Waals surface area contributed by atoms with Crippen molar-refractivity contribution in [2.45, 2.75) is 6.42 Å². The largest absolute Gasteiger partial charge is 0.380 e. The number of hydrogen-bond acceptors (Lipinski definition) is 6. The molecule has 0 amide bonds. The van der Waals surface area contributed by atoms with Crippen molar-refractivity contribution in [1.82, 2.24) is 24.6 Å². The van der Waals surface area contributed by atoms with Crippen LogP contribution >= 0.6 is 0 Å². The van der Waals surface area contributed by atoms with Gasteiger partial charge in [-0.25, -0.2) is 9.37 Å². The molecule has 0 atom stereocenters. The number of benzene rings is 2. The van der Waals surface area contributed by atoms with E-state index in [0.717, 1.165) is 38.4 Å². The summed E-state index contributed by atoms with van der Waals surface area (Å²) in [6, 6.07) is 11.6. The molecule has 0 bridgehead atoms. The van der Waals surface area contributed by atoms with Crippen molar-refractivity contribution in [1.29, 1.82) is 0 Å². The van der Waals surface area contributed by atoms with Crippen LogP contribution in [0.3, 0.4) is 0 Å². The zero-order valence-electron chi connectivity index (χ0n) is 17.8. The molecule has 3 aromatic heterocycles. The first kappa shape index (κ1) is 19.7. The molecule has 0 spiro atoms. The van der Waals surface area contributed by atoms with Gasteiger partial charge in [0.15, 0.2) is 5.65 Å². The van der Waals surface area contributed by atoms with Gasteiger partial charge in [-0.15, -0.1) is 0 Å². The van der Waals surface area contributed by atoms with Crippen LogP contribution in [0.5, 0.6) is 0 Å². The molecule has 33 heavy (non-hydrogen) atoms. The van der Waals surface area contributed by atoms with Crippen molar-refractivity contribution in [2.24, 2.45) is 0 Å². The molecule has 6 rings (SSSR count). The van der Waals surface area contributed by atoms with Crippen molar-refractivity contribution in [3.63, 3.8) is 0 Å². The Hall–Kier alpha value is -3.98. The number of rotatable bonds is 4. The molecular formula is C24H22FN7O.